The smallest absolute Gasteiger partial charge is 0.242 e. The van der Waals surface area contributed by atoms with Crippen LogP contribution in [0.5, 0.6) is 0 Å². The maximum Gasteiger partial charge on any atom is 0.242 e. The Balaban J connectivity index is 2.14. The van der Waals surface area contributed by atoms with Crippen LogP contribution < -0.4 is 5.32 Å². The van der Waals surface area contributed by atoms with Crippen molar-refractivity contribution in [2.45, 2.75) is 72.0 Å². The van der Waals surface area contributed by atoms with Crippen LogP contribution in [0, 0.1) is 0 Å². The van der Waals surface area contributed by atoms with Gasteiger partial charge < -0.3 is 10.2 Å². The van der Waals surface area contributed by atoms with Gasteiger partial charge in [0.1, 0.15) is 6.04 Å². The van der Waals surface area contributed by atoms with Crippen molar-refractivity contribution in [2.75, 3.05) is 0 Å². The Morgan fingerprint density at radius 1 is 1.00 bits per heavy atom. The first-order chi connectivity index (χ1) is 14.3. The third-order valence-corrected chi connectivity index (χ3v) is 5.89. The number of carbonyl (C=O) groups is 2. The average molecular weight is 429 g/mol. The molecule has 0 aliphatic carbocycles. The van der Waals surface area contributed by atoms with Gasteiger partial charge in [-0.05, 0) is 55.9 Å². The fraction of sp³-hybridized carbons (Fsp3) is 0.440. The van der Waals surface area contributed by atoms with Crippen LogP contribution in [0.4, 0.5) is 0 Å². The number of carbonyl (C=O) groups excluding carboxylic acids is 2. The van der Waals surface area contributed by atoms with Crippen LogP contribution >= 0.6 is 11.6 Å². The van der Waals surface area contributed by atoms with Crippen LogP contribution in [-0.2, 0) is 29.0 Å². The van der Waals surface area contributed by atoms with Gasteiger partial charge in [-0.15, -0.1) is 0 Å². The number of hydrogen-bond donors (Lipinski definition) is 1. The molecule has 0 unspecified atom stereocenters. The normalized spacial score (nSPS) is 12.8. The molecule has 4 nitrogen and oxygen atoms in total. The minimum Gasteiger partial charge on any atom is -0.352 e. The molecular weight excluding hydrogens is 396 g/mol. The average Bonchev–Trinajstić information content (AvgIpc) is 2.76. The highest BCUT2D eigenvalue weighted by Gasteiger charge is 2.27. The summed E-state index contributed by atoms with van der Waals surface area (Å²) in [6, 6.07) is 15.3. The standard InChI is InChI=1S/C25H33ClN2O2/c1-5-18(3)27-25(30)19(4)28(17-22-9-7-8-10-23(22)26)24(29)16-15-21-13-11-20(6-2)12-14-21/h7-14,18-19H,5-6,15-17H2,1-4H3,(H,27,30)/t18-,19-/m0/s1. The maximum atomic E-state index is 13.2. The van der Waals surface area contributed by atoms with Gasteiger partial charge in [0, 0.05) is 24.0 Å². The van der Waals surface area contributed by atoms with Crippen LogP contribution in [0.1, 0.15) is 57.2 Å². The van der Waals surface area contributed by atoms with E-state index in [1.54, 1.807) is 17.9 Å². The molecular formula is C25H33ClN2O2. The largest absolute Gasteiger partial charge is 0.352 e. The van der Waals surface area contributed by atoms with Crippen molar-refractivity contribution in [1.29, 1.82) is 0 Å². The molecule has 0 radical (unpaired) electrons. The Kier molecular flexibility index (Phi) is 9.38. The number of nitrogens with zero attached hydrogens (tertiary/aromatic N) is 1. The second-order valence-corrected chi connectivity index (χ2v) is 8.18. The zero-order valence-corrected chi connectivity index (χ0v) is 19.2. The molecule has 2 amide bonds. The summed E-state index contributed by atoms with van der Waals surface area (Å²) in [5.41, 5.74) is 3.23. The highest BCUT2D eigenvalue weighted by atomic mass is 35.5. The first kappa shape index (κ1) is 23.9. The predicted octanol–water partition coefficient (Wildman–Crippen LogP) is 5.17. The molecule has 0 aromatic heterocycles. The van der Waals surface area contributed by atoms with Crippen molar-refractivity contribution in [3.8, 4) is 0 Å². The first-order valence-corrected chi connectivity index (χ1v) is 11.1. The minimum atomic E-state index is -0.578. The van der Waals surface area contributed by atoms with Gasteiger partial charge in [0.25, 0.3) is 0 Å². The summed E-state index contributed by atoms with van der Waals surface area (Å²) in [4.78, 5) is 27.5. The number of aryl methyl sites for hydroxylation is 2. The number of rotatable bonds is 10. The van der Waals surface area contributed by atoms with E-state index in [2.05, 4.69) is 36.5 Å². The Morgan fingerprint density at radius 2 is 1.63 bits per heavy atom. The van der Waals surface area contributed by atoms with Crippen LogP contribution in [0.3, 0.4) is 0 Å². The summed E-state index contributed by atoms with van der Waals surface area (Å²) in [5.74, 6) is -0.196. The van der Waals surface area contributed by atoms with Crippen molar-refractivity contribution in [3.05, 3.63) is 70.2 Å². The molecule has 0 spiro atoms. The summed E-state index contributed by atoms with van der Waals surface area (Å²) < 4.78 is 0. The highest BCUT2D eigenvalue weighted by Crippen LogP contribution is 2.20. The van der Waals surface area contributed by atoms with E-state index in [9.17, 15) is 9.59 Å². The lowest BCUT2D eigenvalue weighted by Crippen LogP contribution is -2.49. The molecule has 0 aliphatic heterocycles. The SMILES string of the molecule is CCc1ccc(CCC(=O)N(Cc2ccccc2Cl)[C@@H](C)C(=O)N[C@@H](C)CC)cc1. The molecule has 0 fully saturated rings. The second-order valence-electron chi connectivity index (χ2n) is 7.78. The lowest BCUT2D eigenvalue weighted by molar-refractivity contribution is -0.140. The van der Waals surface area contributed by atoms with Gasteiger partial charge >= 0.3 is 0 Å². The number of amides is 2. The quantitative estimate of drug-likeness (QED) is 0.567. The Morgan fingerprint density at radius 3 is 2.23 bits per heavy atom. The van der Waals surface area contributed by atoms with Gasteiger partial charge in [0.2, 0.25) is 11.8 Å². The van der Waals surface area contributed by atoms with E-state index >= 15 is 0 Å². The van der Waals surface area contributed by atoms with E-state index < -0.39 is 6.04 Å². The van der Waals surface area contributed by atoms with Crippen molar-refractivity contribution in [1.82, 2.24) is 10.2 Å². The third kappa shape index (κ3) is 6.88. The molecule has 2 atom stereocenters. The van der Waals surface area contributed by atoms with E-state index in [4.69, 9.17) is 11.6 Å². The molecule has 0 saturated carbocycles. The summed E-state index contributed by atoms with van der Waals surface area (Å²) in [6.45, 7) is 8.19. The lowest BCUT2D eigenvalue weighted by atomic mass is 10.0. The lowest BCUT2D eigenvalue weighted by Gasteiger charge is -2.30. The van der Waals surface area contributed by atoms with Crippen LogP contribution in [0.15, 0.2) is 48.5 Å². The molecule has 0 aliphatic rings. The first-order valence-electron chi connectivity index (χ1n) is 10.8. The van der Waals surface area contributed by atoms with Gasteiger partial charge in [-0.3, -0.25) is 9.59 Å². The summed E-state index contributed by atoms with van der Waals surface area (Å²) in [7, 11) is 0. The topological polar surface area (TPSA) is 49.4 Å². The number of halogens is 1. The van der Waals surface area contributed by atoms with E-state index in [-0.39, 0.29) is 17.9 Å². The van der Waals surface area contributed by atoms with Crippen molar-refractivity contribution < 1.29 is 9.59 Å². The van der Waals surface area contributed by atoms with Crippen LogP contribution in [0.2, 0.25) is 5.02 Å². The molecule has 162 valence electrons. The van der Waals surface area contributed by atoms with Gasteiger partial charge in [0.05, 0.1) is 0 Å². The monoisotopic (exact) mass is 428 g/mol. The van der Waals surface area contributed by atoms with E-state index in [1.165, 1.54) is 5.56 Å². The molecule has 2 rings (SSSR count). The van der Waals surface area contributed by atoms with Crippen LogP contribution in [0.25, 0.3) is 0 Å². The Labute approximate surface area is 185 Å². The van der Waals surface area contributed by atoms with Crippen molar-refractivity contribution in [3.63, 3.8) is 0 Å². The minimum absolute atomic E-state index is 0.0544. The summed E-state index contributed by atoms with van der Waals surface area (Å²) in [6.07, 6.45) is 2.82. The fourth-order valence-corrected chi connectivity index (χ4v) is 3.39. The zero-order valence-electron chi connectivity index (χ0n) is 18.5. The number of nitrogens with one attached hydrogen (secondary N) is 1. The van der Waals surface area contributed by atoms with Crippen molar-refractivity contribution in [2.24, 2.45) is 0 Å². The molecule has 1 N–H and O–H groups in total. The predicted molar refractivity (Wildman–Crippen MR) is 124 cm³/mol. The molecule has 0 bridgehead atoms. The van der Waals surface area contributed by atoms with E-state index in [0.29, 0.717) is 24.4 Å². The second kappa shape index (κ2) is 11.8. The highest BCUT2D eigenvalue weighted by molar-refractivity contribution is 6.31. The Bertz CT molecular complexity index is 835. The summed E-state index contributed by atoms with van der Waals surface area (Å²) in [5, 5.41) is 3.58. The molecule has 2 aromatic rings. The molecule has 0 heterocycles. The van der Waals surface area contributed by atoms with Gasteiger partial charge in [-0.2, -0.15) is 0 Å². The van der Waals surface area contributed by atoms with E-state index in [1.807, 2.05) is 32.0 Å². The van der Waals surface area contributed by atoms with Gasteiger partial charge in [0.15, 0.2) is 0 Å². The number of benzene rings is 2. The molecule has 30 heavy (non-hydrogen) atoms. The Hall–Kier alpha value is -2.33. The van der Waals surface area contributed by atoms with E-state index in [0.717, 1.165) is 24.0 Å². The van der Waals surface area contributed by atoms with Gasteiger partial charge in [-0.1, -0.05) is 67.9 Å². The van der Waals surface area contributed by atoms with Crippen molar-refractivity contribution >= 4 is 23.4 Å². The maximum absolute atomic E-state index is 13.2. The summed E-state index contributed by atoms with van der Waals surface area (Å²) >= 11 is 6.33. The number of hydrogen-bond acceptors (Lipinski definition) is 2. The molecule has 0 saturated heterocycles. The third-order valence-electron chi connectivity index (χ3n) is 5.53. The van der Waals surface area contributed by atoms with Crippen LogP contribution in [-0.4, -0.2) is 28.8 Å². The zero-order chi connectivity index (χ0) is 22.1. The molecule has 2 aromatic carbocycles. The van der Waals surface area contributed by atoms with Gasteiger partial charge in [-0.25, -0.2) is 0 Å². The molecule has 5 heteroatoms. The fourth-order valence-electron chi connectivity index (χ4n) is 3.19.